The van der Waals surface area contributed by atoms with Gasteiger partial charge < -0.3 is 15.5 Å². The van der Waals surface area contributed by atoms with Gasteiger partial charge in [-0.25, -0.2) is 0 Å². The minimum Gasteiger partial charge on any atom is -0.393 e. The lowest BCUT2D eigenvalue weighted by atomic mass is 10.1. The first-order valence-electron chi connectivity index (χ1n) is 5.88. The number of amides is 1. The van der Waals surface area contributed by atoms with Crippen molar-refractivity contribution in [1.29, 1.82) is 0 Å². The highest BCUT2D eigenvalue weighted by Gasteiger charge is 2.19. The Balaban J connectivity index is 2.69. The molecule has 20 heavy (non-hydrogen) atoms. The van der Waals surface area contributed by atoms with Gasteiger partial charge in [0.1, 0.15) is 5.60 Å². The first-order valence-corrected chi connectivity index (χ1v) is 5.88. The van der Waals surface area contributed by atoms with E-state index in [2.05, 4.69) is 5.32 Å². The third-order valence-corrected chi connectivity index (χ3v) is 2.53. The number of hydrogen-bond acceptors (Lipinski definition) is 5. The van der Waals surface area contributed by atoms with Gasteiger partial charge in [-0.2, -0.15) is 0 Å². The summed E-state index contributed by atoms with van der Waals surface area (Å²) in [5.74, 6) is -0.517. The summed E-state index contributed by atoms with van der Waals surface area (Å²) in [7, 11) is 0. The van der Waals surface area contributed by atoms with Gasteiger partial charge in [-0.05, 0) is 19.1 Å². The molecular formula is C13H16N2O5. The molecule has 7 heteroatoms. The van der Waals surface area contributed by atoms with Crippen molar-refractivity contribution in [1.82, 2.24) is 5.32 Å². The summed E-state index contributed by atoms with van der Waals surface area (Å²) in [6.07, 6.45) is 2.46. The Morgan fingerprint density at radius 3 is 2.75 bits per heavy atom. The molecule has 0 aliphatic carbocycles. The minimum atomic E-state index is -1.40. The summed E-state index contributed by atoms with van der Waals surface area (Å²) in [5, 5.41) is 31.5. The van der Waals surface area contributed by atoms with Crippen LogP contribution in [-0.4, -0.2) is 39.8 Å². The van der Waals surface area contributed by atoms with Crippen LogP contribution in [0.3, 0.4) is 0 Å². The highest BCUT2D eigenvalue weighted by atomic mass is 16.6. The van der Waals surface area contributed by atoms with Crippen molar-refractivity contribution in [3.8, 4) is 0 Å². The standard InChI is InChI=1S/C13H16N2O5/c1-13(18,9-16)8-14-12(17)7-6-10-4-2-3-5-11(10)15(19)20/h2-7,16,18H,8-9H2,1H3,(H,14,17). The summed E-state index contributed by atoms with van der Waals surface area (Å²) in [6.45, 7) is 0.768. The van der Waals surface area contributed by atoms with Gasteiger partial charge >= 0.3 is 0 Å². The van der Waals surface area contributed by atoms with Crippen molar-refractivity contribution in [3.05, 3.63) is 46.0 Å². The molecule has 1 rings (SSSR count). The van der Waals surface area contributed by atoms with Gasteiger partial charge in [0, 0.05) is 18.7 Å². The van der Waals surface area contributed by atoms with E-state index in [9.17, 15) is 20.0 Å². The van der Waals surface area contributed by atoms with Crippen LogP contribution in [0, 0.1) is 10.1 Å². The third kappa shape index (κ3) is 4.79. The molecule has 0 radical (unpaired) electrons. The Kier molecular flexibility index (Phi) is 5.36. The highest BCUT2D eigenvalue weighted by Crippen LogP contribution is 2.18. The van der Waals surface area contributed by atoms with Crippen molar-refractivity contribution in [2.75, 3.05) is 13.2 Å². The summed E-state index contributed by atoms with van der Waals surface area (Å²) in [4.78, 5) is 21.7. The van der Waals surface area contributed by atoms with Crippen LogP contribution in [0.15, 0.2) is 30.3 Å². The van der Waals surface area contributed by atoms with Gasteiger partial charge in [0.2, 0.25) is 5.91 Å². The van der Waals surface area contributed by atoms with Crippen LogP contribution in [0.2, 0.25) is 0 Å². The quantitative estimate of drug-likeness (QED) is 0.398. The zero-order valence-electron chi connectivity index (χ0n) is 10.9. The Bertz CT molecular complexity index is 525. The number of hydrogen-bond donors (Lipinski definition) is 3. The first-order chi connectivity index (χ1) is 9.35. The number of nitrogens with zero attached hydrogens (tertiary/aromatic N) is 1. The molecule has 7 nitrogen and oxygen atoms in total. The maximum Gasteiger partial charge on any atom is 0.276 e. The van der Waals surface area contributed by atoms with E-state index in [1.54, 1.807) is 6.07 Å². The van der Waals surface area contributed by atoms with Crippen LogP contribution in [-0.2, 0) is 4.79 Å². The summed E-state index contributed by atoms with van der Waals surface area (Å²) in [5.41, 5.74) is -1.19. The molecule has 0 fully saturated rings. The van der Waals surface area contributed by atoms with Crippen molar-refractivity contribution in [2.24, 2.45) is 0 Å². The molecule has 0 aliphatic heterocycles. The van der Waals surface area contributed by atoms with E-state index >= 15 is 0 Å². The first kappa shape index (κ1) is 15.8. The second-order valence-corrected chi connectivity index (χ2v) is 4.52. The van der Waals surface area contributed by atoms with Gasteiger partial charge in [0.05, 0.1) is 17.1 Å². The number of aliphatic hydroxyl groups is 2. The summed E-state index contributed by atoms with van der Waals surface area (Å²) >= 11 is 0. The number of carbonyl (C=O) groups excluding carboxylic acids is 1. The number of rotatable bonds is 6. The molecule has 0 aliphatic rings. The van der Waals surface area contributed by atoms with Crippen LogP contribution >= 0.6 is 0 Å². The second-order valence-electron chi connectivity index (χ2n) is 4.52. The number of benzene rings is 1. The van der Waals surface area contributed by atoms with Gasteiger partial charge in [0.15, 0.2) is 0 Å². The lowest BCUT2D eigenvalue weighted by Crippen LogP contribution is -2.42. The van der Waals surface area contributed by atoms with E-state index in [-0.39, 0.29) is 12.2 Å². The summed E-state index contributed by atoms with van der Waals surface area (Å²) in [6, 6.07) is 6.02. The lowest BCUT2D eigenvalue weighted by molar-refractivity contribution is -0.385. The lowest BCUT2D eigenvalue weighted by Gasteiger charge is -2.19. The van der Waals surface area contributed by atoms with Crippen LogP contribution in [0.25, 0.3) is 6.08 Å². The van der Waals surface area contributed by atoms with E-state index in [4.69, 9.17) is 5.11 Å². The Hall–Kier alpha value is -2.25. The van der Waals surface area contributed by atoms with Gasteiger partial charge in [-0.15, -0.1) is 0 Å². The van der Waals surface area contributed by atoms with E-state index in [0.29, 0.717) is 5.56 Å². The van der Waals surface area contributed by atoms with E-state index in [1.165, 1.54) is 31.2 Å². The zero-order chi connectivity index (χ0) is 15.2. The average Bonchev–Trinajstić information content (AvgIpc) is 2.43. The minimum absolute atomic E-state index is 0.0982. The Morgan fingerprint density at radius 2 is 2.15 bits per heavy atom. The molecule has 1 unspecified atom stereocenters. The molecular weight excluding hydrogens is 264 g/mol. The fraction of sp³-hybridized carbons (Fsp3) is 0.308. The Morgan fingerprint density at radius 1 is 1.50 bits per heavy atom. The predicted octanol–water partition coefficient (Wildman–Crippen LogP) is 0.467. The molecule has 0 bridgehead atoms. The van der Waals surface area contributed by atoms with Crippen LogP contribution < -0.4 is 5.32 Å². The maximum absolute atomic E-state index is 11.5. The smallest absolute Gasteiger partial charge is 0.276 e. The number of nitro benzene ring substituents is 1. The van der Waals surface area contributed by atoms with E-state index < -0.39 is 23.0 Å². The number of nitro groups is 1. The van der Waals surface area contributed by atoms with Crippen LogP contribution in [0.4, 0.5) is 5.69 Å². The topological polar surface area (TPSA) is 113 Å². The van der Waals surface area contributed by atoms with Crippen molar-refractivity contribution in [3.63, 3.8) is 0 Å². The molecule has 1 aromatic carbocycles. The third-order valence-electron chi connectivity index (χ3n) is 2.53. The molecule has 0 saturated carbocycles. The molecule has 1 atom stereocenters. The van der Waals surface area contributed by atoms with E-state index in [1.807, 2.05) is 0 Å². The number of para-hydroxylation sites is 1. The SMILES string of the molecule is CC(O)(CO)CNC(=O)C=Cc1ccccc1[N+](=O)[O-]. The van der Waals surface area contributed by atoms with E-state index in [0.717, 1.165) is 6.08 Å². The van der Waals surface area contributed by atoms with Crippen LogP contribution in [0.5, 0.6) is 0 Å². The van der Waals surface area contributed by atoms with Crippen molar-refractivity contribution < 1.29 is 19.9 Å². The molecule has 0 spiro atoms. The number of nitrogens with one attached hydrogen (secondary N) is 1. The zero-order valence-corrected chi connectivity index (χ0v) is 10.9. The Labute approximate surface area is 115 Å². The second kappa shape index (κ2) is 6.78. The fourth-order valence-electron chi connectivity index (χ4n) is 1.35. The van der Waals surface area contributed by atoms with Crippen LogP contribution in [0.1, 0.15) is 12.5 Å². The maximum atomic E-state index is 11.5. The molecule has 0 heterocycles. The van der Waals surface area contributed by atoms with Gasteiger partial charge in [-0.3, -0.25) is 14.9 Å². The number of aliphatic hydroxyl groups excluding tert-OH is 1. The normalized spacial score (nSPS) is 13.9. The molecule has 3 N–H and O–H groups in total. The van der Waals surface area contributed by atoms with Gasteiger partial charge in [0.25, 0.3) is 5.69 Å². The van der Waals surface area contributed by atoms with Crippen molar-refractivity contribution >= 4 is 17.7 Å². The monoisotopic (exact) mass is 280 g/mol. The van der Waals surface area contributed by atoms with Gasteiger partial charge in [-0.1, -0.05) is 12.1 Å². The average molecular weight is 280 g/mol. The van der Waals surface area contributed by atoms with Crippen molar-refractivity contribution in [2.45, 2.75) is 12.5 Å². The summed E-state index contributed by atoms with van der Waals surface area (Å²) < 4.78 is 0. The highest BCUT2D eigenvalue weighted by molar-refractivity contribution is 5.92. The largest absolute Gasteiger partial charge is 0.393 e. The predicted molar refractivity (Wildman–Crippen MR) is 72.8 cm³/mol. The number of carbonyl (C=O) groups is 1. The molecule has 1 amide bonds. The fourth-order valence-corrected chi connectivity index (χ4v) is 1.35. The molecule has 108 valence electrons. The molecule has 0 saturated heterocycles. The molecule has 0 aromatic heterocycles. The molecule has 1 aromatic rings.